The molecule has 0 aromatic heterocycles. The van der Waals surface area contributed by atoms with Crippen LogP contribution in [-0.2, 0) is 16.2 Å². The molecular weight excluding hydrogens is 460 g/mol. The number of rotatable bonds is 8. The molecule has 0 saturated carbocycles. The molecule has 3 aromatic carbocycles. The molecule has 4 rings (SSSR count). The van der Waals surface area contributed by atoms with Gasteiger partial charge in [-0.2, -0.15) is 5.26 Å². The lowest BCUT2D eigenvalue weighted by Gasteiger charge is -2.13. The number of amides is 4. The topological polar surface area (TPSA) is 121 Å². The van der Waals surface area contributed by atoms with E-state index in [-0.39, 0.29) is 12.3 Å². The van der Waals surface area contributed by atoms with Crippen LogP contribution in [0, 0.1) is 11.3 Å². The number of nitrogens with zero attached hydrogens (tertiary/aromatic N) is 2. The van der Waals surface area contributed by atoms with E-state index in [2.05, 4.69) is 16.7 Å². The Morgan fingerprint density at radius 3 is 2.50 bits per heavy atom. The molecule has 36 heavy (non-hydrogen) atoms. The molecule has 1 fully saturated rings. The van der Waals surface area contributed by atoms with Gasteiger partial charge in [0, 0.05) is 11.1 Å². The van der Waals surface area contributed by atoms with Crippen molar-refractivity contribution in [2.75, 3.05) is 19.0 Å². The van der Waals surface area contributed by atoms with E-state index >= 15 is 0 Å². The molecule has 0 bridgehead atoms. The maximum Gasteiger partial charge on any atom is 0.329 e. The van der Waals surface area contributed by atoms with Crippen LogP contribution in [0.3, 0.4) is 0 Å². The Hall–Kier alpha value is -5.10. The Morgan fingerprint density at radius 1 is 1.03 bits per heavy atom. The molecule has 1 aliphatic rings. The van der Waals surface area contributed by atoms with E-state index in [9.17, 15) is 19.6 Å². The first-order valence-corrected chi connectivity index (χ1v) is 11.0. The van der Waals surface area contributed by atoms with Crippen LogP contribution in [0.15, 0.2) is 78.5 Å². The summed E-state index contributed by atoms with van der Waals surface area (Å²) in [4.78, 5) is 38.7. The van der Waals surface area contributed by atoms with Crippen LogP contribution in [-0.4, -0.2) is 36.4 Å². The number of hydrogen-bond acceptors (Lipinski definition) is 6. The molecule has 0 unspecified atom stereocenters. The van der Waals surface area contributed by atoms with Gasteiger partial charge < -0.3 is 20.1 Å². The number of benzene rings is 3. The molecule has 180 valence electrons. The fourth-order valence-electron chi connectivity index (χ4n) is 3.59. The largest absolute Gasteiger partial charge is 0.495 e. The maximum atomic E-state index is 12.9. The minimum absolute atomic E-state index is 0.0126. The number of urea groups is 1. The highest BCUT2D eigenvalue weighted by Gasteiger charge is 2.35. The number of carbonyl (C=O) groups excluding carboxylic acids is 3. The summed E-state index contributed by atoms with van der Waals surface area (Å²) >= 11 is 0. The van der Waals surface area contributed by atoms with Gasteiger partial charge >= 0.3 is 6.03 Å². The highest BCUT2D eigenvalue weighted by molar-refractivity contribution is 6.16. The molecule has 2 N–H and O–H groups in total. The highest BCUT2D eigenvalue weighted by Crippen LogP contribution is 2.25. The SMILES string of the molecule is COc1ccccc1NC(=O)CN1C(=O)N/C(=C/c2ccccc2OCc2ccccc2C#N)C1=O. The number of para-hydroxylation sites is 3. The molecule has 0 spiro atoms. The fraction of sp³-hybridized carbons (Fsp3) is 0.111. The number of nitriles is 1. The molecule has 9 heteroatoms. The fourth-order valence-corrected chi connectivity index (χ4v) is 3.59. The molecule has 1 heterocycles. The lowest BCUT2D eigenvalue weighted by molar-refractivity contribution is -0.127. The Labute approximate surface area is 207 Å². The smallest absolute Gasteiger partial charge is 0.329 e. The number of hydrogen-bond donors (Lipinski definition) is 2. The second-order valence-electron chi connectivity index (χ2n) is 7.72. The molecule has 1 saturated heterocycles. The molecule has 9 nitrogen and oxygen atoms in total. The minimum Gasteiger partial charge on any atom is -0.495 e. The van der Waals surface area contributed by atoms with Gasteiger partial charge in [-0.1, -0.05) is 48.5 Å². The zero-order chi connectivity index (χ0) is 25.5. The normalized spacial score (nSPS) is 13.8. The van der Waals surface area contributed by atoms with Gasteiger partial charge in [0.15, 0.2) is 0 Å². The zero-order valence-electron chi connectivity index (χ0n) is 19.4. The van der Waals surface area contributed by atoms with Gasteiger partial charge in [0.1, 0.15) is 30.3 Å². The van der Waals surface area contributed by atoms with Crippen molar-refractivity contribution < 1.29 is 23.9 Å². The van der Waals surface area contributed by atoms with Crippen LogP contribution in [0.1, 0.15) is 16.7 Å². The number of imide groups is 1. The van der Waals surface area contributed by atoms with Crippen molar-refractivity contribution in [3.8, 4) is 17.6 Å². The summed E-state index contributed by atoms with van der Waals surface area (Å²) in [6.45, 7) is -0.317. The van der Waals surface area contributed by atoms with Gasteiger partial charge in [0.25, 0.3) is 5.91 Å². The third-order valence-electron chi connectivity index (χ3n) is 5.38. The van der Waals surface area contributed by atoms with Crippen LogP contribution in [0.25, 0.3) is 6.08 Å². The molecular formula is C27H22N4O5. The molecule has 0 aliphatic carbocycles. The summed E-state index contributed by atoms with van der Waals surface area (Å²) in [6, 6.07) is 22.3. The van der Waals surface area contributed by atoms with Gasteiger partial charge in [-0.3, -0.25) is 9.59 Å². The lowest BCUT2D eigenvalue weighted by Crippen LogP contribution is -2.38. The van der Waals surface area contributed by atoms with Crippen molar-refractivity contribution in [2.24, 2.45) is 0 Å². The number of carbonyl (C=O) groups is 3. The van der Waals surface area contributed by atoms with E-state index < -0.39 is 24.4 Å². The number of anilines is 1. The van der Waals surface area contributed by atoms with Crippen LogP contribution in [0.2, 0.25) is 0 Å². The van der Waals surface area contributed by atoms with Gasteiger partial charge in [0.05, 0.1) is 24.4 Å². The highest BCUT2D eigenvalue weighted by atomic mass is 16.5. The average Bonchev–Trinajstić information content (AvgIpc) is 3.15. The van der Waals surface area contributed by atoms with E-state index in [0.29, 0.717) is 28.3 Å². The van der Waals surface area contributed by atoms with E-state index in [4.69, 9.17) is 9.47 Å². The van der Waals surface area contributed by atoms with Crippen molar-refractivity contribution in [3.63, 3.8) is 0 Å². The standard InChI is InChI=1S/C27H22N4O5/c1-35-24-13-7-5-11-21(24)29-25(32)16-31-26(33)22(30-27(31)34)14-18-8-4-6-12-23(18)36-17-20-10-3-2-9-19(20)15-28/h2-14H,16-17H2,1H3,(H,29,32)(H,30,34)/b22-14+. The first-order chi connectivity index (χ1) is 17.5. The first-order valence-electron chi connectivity index (χ1n) is 11.0. The Bertz CT molecular complexity index is 1390. The molecule has 0 atom stereocenters. The van der Waals surface area contributed by atoms with Crippen molar-refractivity contribution in [1.29, 1.82) is 5.26 Å². The van der Waals surface area contributed by atoms with E-state index in [0.717, 1.165) is 10.5 Å². The predicted molar refractivity (Wildman–Crippen MR) is 132 cm³/mol. The summed E-state index contributed by atoms with van der Waals surface area (Å²) in [5.74, 6) is -0.270. The number of methoxy groups -OCH3 is 1. The third-order valence-corrected chi connectivity index (χ3v) is 5.38. The Kier molecular flexibility index (Phi) is 7.27. The quantitative estimate of drug-likeness (QED) is 0.373. The zero-order valence-corrected chi connectivity index (χ0v) is 19.4. The molecule has 0 radical (unpaired) electrons. The van der Waals surface area contributed by atoms with E-state index in [1.54, 1.807) is 66.7 Å². The van der Waals surface area contributed by atoms with Gasteiger partial charge in [0.2, 0.25) is 5.91 Å². The molecule has 3 aromatic rings. The van der Waals surface area contributed by atoms with Crippen molar-refractivity contribution in [3.05, 3.63) is 95.2 Å². The van der Waals surface area contributed by atoms with Crippen LogP contribution in [0.5, 0.6) is 11.5 Å². The van der Waals surface area contributed by atoms with E-state index in [1.807, 2.05) is 6.07 Å². The second kappa shape index (κ2) is 10.9. The second-order valence-corrected chi connectivity index (χ2v) is 7.72. The monoisotopic (exact) mass is 482 g/mol. The van der Waals surface area contributed by atoms with Crippen LogP contribution < -0.4 is 20.1 Å². The summed E-state index contributed by atoms with van der Waals surface area (Å²) in [5.41, 5.74) is 2.22. The van der Waals surface area contributed by atoms with Gasteiger partial charge in [-0.25, -0.2) is 9.69 Å². The van der Waals surface area contributed by atoms with Crippen molar-refractivity contribution in [2.45, 2.75) is 6.61 Å². The summed E-state index contributed by atoms with van der Waals surface area (Å²) in [7, 11) is 1.48. The van der Waals surface area contributed by atoms with Gasteiger partial charge in [-0.05, 0) is 30.3 Å². The summed E-state index contributed by atoms with van der Waals surface area (Å²) in [6.07, 6.45) is 1.49. The van der Waals surface area contributed by atoms with Gasteiger partial charge in [-0.15, -0.1) is 0 Å². The molecule has 1 aliphatic heterocycles. The van der Waals surface area contributed by atoms with Crippen molar-refractivity contribution in [1.82, 2.24) is 10.2 Å². The summed E-state index contributed by atoms with van der Waals surface area (Å²) < 4.78 is 11.1. The average molecular weight is 482 g/mol. The summed E-state index contributed by atoms with van der Waals surface area (Å²) in [5, 5.41) is 14.4. The van der Waals surface area contributed by atoms with Crippen molar-refractivity contribution >= 4 is 29.6 Å². The number of nitrogens with one attached hydrogen (secondary N) is 2. The van der Waals surface area contributed by atoms with Crippen LogP contribution in [0.4, 0.5) is 10.5 Å². The Balaban J connectivity index is 1.47. The first kappa shape index (κ1) is 24.0. The third kappa shape index (κ3) is 5.34. The Morgan fingerprint density at radius 2 is 1.72 bits per heavy atom. The van der Waals surface area contributed by atoms with Crippen LogP contribution >= 0.6 is 0 Å². The lowest BCUT2D eigenvalue weighted by atomic mass is 10.1. The molecule has 4 amide bonds. The minimum atomic E-state index is -0.706. The maximum absolute atomic E-state index is 12.9. The van der Waals surface area contributed by atoms with E-state index in [1.165, 1.54) is 13.2 Å². The predicted octanol–water partition coefficient (Wildman–Crippen LogP) is 3.68. The number of ether oxygens (including phenoxy) is 2.